The van der Waals surface area contributed by atoms with E-state index in [9.17, 15) is 27.6 Å². The number of carboxylic acids is 2. The van der Waals surface area contributed by atoms with Crippen molar-refractivity contribution < 1.29 is 42.4 Å². The van der Waals surface area contributed by atoms with E-state index >= 15 is 0 Å². The predicted molar refractivity (Wildman–Crippen MR) is 64.7 cm³/mol. The lowest BCUT2D eigenvalue weighted by atomic mass is 10.1. The molecule has 21 heavy (non-hydrogen) atoms. The summed E-state index contributed by atoms with van der Waals surface area (Å²) in [4.78, 5) is 45.2. The van der Waals surface area contributed by atoms with Crippen LogP contribution in [0.25, 0.3) is 0 Å². The van der Waals surface area contributed by atoms with Crippen LogP contribution in [0.2, 0.25) is 0 Å². The molecule has 1 aliphatic rings. The summed E-state index contributed by atoms with van der Waals surface area (Å²) < 4.78 is 30.8. The molecule has 1 fully saturated rings. The molecule has 1 heterocycles. The monoisotopic (exact) mass is 323 g/mol. The van der Waals surface area contributed by atoms with Crippen molar-refractivity contribution in [2.75, 3.05) is 0 Å². The summed E-state index contributed by atoms with van der Waals surface area (Å²) in [6, 6.07) is -1.66. The van der Waals surface area contributed by atoms with Crippen molar-refractivity contribution in [1.82, 2.24) is 4.90 Å². The second kappa shape index (κ2) is 6.18. The van der Waals surface area contributed by atoms with E-state index in [1.54, 1.807) is 0 Å². The molecule has 0 aromatic carbocycles. The molecule has 0 bridgehead atoms. The molecule has 1 rings (SSSR count). The third-order valence-corrected chi connectivity index (χ3v) is 4.05. The number of carboxylic acid groups (broad SMARTS) is 2. The summed E-state index contributed by atoms with van der Waals surface area (Å²) in [7, 11) is -4.81. The number of likely N-dealkylation sites (tertiary alicyclic amines) is 1. The molecule has 2 atom stereocenters. The van der Waals surface area contributed by atoms with Gasteiger partial charge in [0.05, 0.1) is 6.42 Å². The number of hydrogen-bond acceptors (Lipinski definition) is 6. The van der Waals surface area contributed by atoms with Crippen LogP contribution in [0.1, 0.15) is 25.7 Å². The number of rotatable bonds is 7. The van der Waals surface area contributed by atoms with Crippen LogP contribution in [0.5, 0.6) is 0 Å². The summed E-state index contributed by atoms with van der Waals surface area (Å²) >= 11 is 0. The Hall–Kier alpha value is -2.01. The maximum absolute atomic E-state index is 11.8. The first-order valence-electron chi connectivity index (χ1n) is 5.82. The van der Waals surface area contributed by atoms with Gasteiger partial charge in [0.1, 0.15) is 6.04 Å². The van der Waals surface area contributed by atoms with Gasteiger partial charge in [-0.3, -0.25) is 23.8 Å². The Kier molecular flexibility index (Phi) is 5.01. The van der Waals surface area contributed by atoms with E-state index in [-0.39, 0.29) is 24.2 Å². The third kappa shape index (κ3) is 3.98. The van der Waals surface area contributed by atoms with Crippen molar-refractivity contribution in [1.29, 1.82) is 0 Å². The minimum atomic E-state index is -4.81. The highest BCUT2D eigenvalue weighted by Gasteiger charge is 2.49. The van der Waals surface area contributed by atoms with Crippen LogP contribution >= 0.6 is 0 Å². The van der Waals surface area contributed by atoms with Crippen LogP contribution in [0.4, 0.5) is 0 Å². The van der Waals surface area contributed by atoms with E-state index in [2.05, 4.69) is 0 Å². The van der Waals surface area contributed by atoms with Crippen LogP contribution in [0, 0.1) is 0 Å². The van der Waals surface area contributed by atoms with Crippen molar-refractivity contribution in [2.45, 2.75) is 37.0 Å². The second-order valence-electron chi connectivity index (χ2n) is 4.45. The maximum Gasteiger partial charge on any atom is 0.326 e. The molecule has 0 aliphatic carbocycles. The fourth-order valence-corrected chi connectivity index (χ4v) is 2.71. The quantitative estimate of drug-likeness (QED) is 0.381. The Morgan fingerprint density at radius 2 is 1.86 bits per heavy atom. The summed E-state index contributed by atoms with van der Waals surface area (Å²) in [6.07, 6.45) is -1.63. The molecule has 0 saturated carbocycles. The van der Waals surface area contributed by atoms with Crippen LogP contribution in [-0.4, -0.2) is 63.1 Å². The normalized spacial score (nSPS) is 20.6. The first-order valence-corrected chi connectivity index (χ1v) is 7.32. The topological polar surface area (TPSA) is 166 Å². The van der Waals surface area contributed by atoms with Crippen LogP contribution in [0.3, 0.4) is 0 Å². The van der Waals surface area contributed by atoms with Gasteiger partial charge in [0.2, 0.25) is 5.91 Å². The van der Waals surface area contributed by atoms with E-state index in [1.165, 1.54) is 0 Å². The number of nitrogens with zero attached hydrogens (tertiary/aromatic N) is 1. The maximum atomic E-state index is 11.8. The highest BCUT2D eigenvalue weighted by molar-refractivity contribution is 7.87. The molecule has 1 aliphatic heterocycles. The Bertz CT molecular complexity index is 581. The van der Waals surface area contributed by atoms with Crippen LogP contribution in [-0.2, 0) is 29.3 Å². The van der Waals surface area contributed by atoms with Crippen molar-refractivity contribution in [2.24, 2.45) is 0 Å². The van der Waals surface area contributed by atoms with E-state index in [4.69, 9.17) is 14.8 Å². The molecule has 0 aromatic heterocycles. The highest BCUT2D eigenvalue weighted by atomic mass is 32.2. The molecule has 0 aromatic rings. The Morgan fingerprint density at radius 1 is 1.29 bits per heavy atom. The Morgan fingerprint density at radius 3 is 2.24 bits per heavy atom. The molecule has 118 valence electrons. The van der Waals surface area contributed by atoms with Crippen molar-refractivity contribution in [3.05, 3.63) is 0 Å². The molecule has 1 saturated heterocycles. The minimum Gasteiger partial charge on any atom is -0.481 e. The smallest absolute Gasteiger partial charge is 0.326 e. The molecule has 10 nitrogen and oxygen atoms in total. The number of carbonyl (C=O) groups is 4. The number of hydrogen-bond donors (Lipinski definition) is 3. The molecule has 3 N–H and O–H groups in total. The van der Waals surface area contributed by atoms with Gasteiger partial charge in [-0.25, -0.2) is 4.79 Å². The SMILES string of the molecule is O=C(O)CCCC(C(=O)O)N1C(=O)CC(S(=O)(=O)O)C1=O. The predicted octanol–water partition coefficient (Wildman–Crippen LogP) is -1.29. The zero-order valence-corrected chi connectivity index (χ0v) is 11.4. The zero-order chi connectivity index (χ0) is 16.4. The van der Waals surface area contributed by atoms with E-state index in [1.807, 2.05) is 0 Å². The summed E-state index contributed by atoms with van der Waals surface area (Å²) in [5.74, 6) is -5.08. The lowest BCUT2D eigenvalue weighted by Crippen LogP contribution is -2.46. The molecular weight excluding hydrogens is 310 g/mol. The average molecular weight is 323 g/mol. The van der Waals surface area contributed by atoms with Gasteiger partial charge >= 0.3 is 11.9 Å². The zero-order valence-electron chi connectivity index (χ0n) is 10.6. The van der Waals surface area contributed by atoms with Gasteiger partial charge in [-0.15, -0.1) is 0 Å². The van der Waals surface area contributed by atoms with Crippen LogP contribution in [0.15, 0.2) is 0 Å². The number of amides is 2. The molecule has 0 spiro atoms. The summed E-state index contributed by atoms with van der Waals surface area (Å²) in [5, 5.41) is 15.5. The first-order chi connectivity index (χ1) is 9.55. The number of carbonyl (C=O) groups excluding carboxylic acids is 2. The average Bonchev–Trinajstić information content (AvgIpc) is 2.60. The standard InChI is InChI=1S/C10H13NO9S/c12-7-4-6(21(18,19)20)9(15)11(7)5(10(16)17)2-1-3-8(13)14/h5-6H,1-4H2,(H,13,14)(H,16,17)(H,18,19,20). The van der Waals surface area contributed by atoms with Crippen molar-refractivity contribution >= 4 is 33.9 Å². The Labute approximate surface area is 119 Å². The van der Waals surface area contributed by atoms with Gasteiger partial charge in [-0.1, -0.05) is 0 Å². The van der Waals surface area contributed by atoms with Gasteiger partial charge in [-0.2, -0.15) is 8.42 Å². The van der Waals surface area contributed by atoms with Gasteiger partial charge in [0.25, 0.3) is 16.0 Å². The highest BCUT2D eigenvalue weighted by Crippen LogP contribution is 2.24. The number of imide groups is 1. The molecule has 11 heteroatoms. The van der Waals surface area contributed by atoms with Gasteiger partial charge in [0, 0.05) is 6.42 Å². The van der Waals surface area contributed by atoms with E-state index < -0.39 is 51.6 Å². The second-order valence-corrected chi connectivity index (χ2v) is 6.05. The van der Waals surface area contributed by atoms with E-state index in [0.717, 1.165) is 0 Å². The fraction of sp³-hybridized carbons (Fsp3) is 0.600. The fourth-order valence-electron chi connectivity index (χ4n) is 1.99. The lowest BCUT2D eigenvalue weighted by molar-refractivity contribution is -0.154. The Balaban J connectivity index is 2.93. The summed E-state index contributed by atoms with van der Waals surface area (Å²) in [5.41, 5.74) is 0. The molecule has 2 amide bonds. The number of aliphatic carboxylic acids is 2. The molecule has 0 radical (unpaired) electrons. The third-order valence-electron chi connectivity index (χ3n) is 2.97. The molecular formula is C10H13NO9S. The van der Waals surface area contributed by atoms with Crippen LogP contribution < -0.4 is 0 Å². The van der Waals surface area contributed by atoms with Gasteiger partial charge in [-0.05, 0) is 12.8 Å². The summed E-state index contributed by atoms with van der Waals surface area (Å²) in [6.45, 7) is 0. The van der Waals surface area contributed by atoms with Crippen molar-refractivity contribution in [3.63, 3.8) is 0 Å². The van der Waals surface area contributed by atoms with E-state index in [0.29, 0.717) is 0 Å². The lowest BCUT2D eigenvalue weighted by Gasteiger charge is -2.22. The van der Waals surface area contributed by atoms with Crippen molar-refractivity contribution in [3.8, 4) is 0 Å². The largest absolute Gasteiger partial charge is 0.481 e. The van der Waals surface area contributed by atoms with Gasteiger partial charge in [0.15, 0.2) is 5.25 Å². The molecule has 2 unspecified atom stereocenters. The first kappa shape index (κ1) is 17.0. The minimum absolute atomic E-state index is 0.111. The van der Waals surface area contributed by atoms with Gasteiger partial charge < -0.3 is 10.2 Å².